The summed E-state index contributed by atoms with van der Waals surface area (Å²) in [6, 6.07) is 19.3. The molecule has 6 nitrogen and oxygen atoms in total. The van der Waals surface area contributed by atoms with Gasteiger partial charge in [0.15, 0.2) is 18.2 Å². The van der Waals surface area contributed by atoms with E-state index >= 15 is 0 Å². The fourth-order valence-electron chi connectivity index (χ4n) is 3.00. The normalized spacial score (nSPS) is 11.1. The summed E-state index contributed by atoms with van der Waals surface area (Å²) in [5.41, 5.74) is 4.03. The van der Waals surface area contributed by atoms with E-state index in [9.17, 15) is 9.18 Å². The van der Waals surface area contributed by atoms with Gasteiger partial charge >= 0.3 is 0 Å². The van der Waals surface area contributed by atoms with Crippen molar-refractivity contribution in [1.82, 2.24) is 15.0 Å². The maximum Gasteiger partial charge on any atom is 0.262 e. The highest BCUT2D eigenvalue weighted by Gasteiger charge is 2.10. The van der Waals surface area contributed by atoms with E-state index in [1.807, 2.05) is 12.1 Å². The number of ether oxygens (including phenoxy) is 1. The third-order valence-corrected chi connectivity index (χ3v) is 4.65. The molecule has 1 N–H and O–H groups in total. The molecule has 0 bridgehead atoms. The van der Waals surface area contributed by atoms with Crippen LogP contribution in [0.3, 0.4) is 0 Å². The Morgan fingerprint density at radius 2 is 1.77 bits per heavy atom. The van der Waals surface area contributed by atoms with Crippen molar-refractivity contribution in [3.63, 3.8) is 0 Å². The summed E-state index contributed by atoms with van der Waals surface area (Å²) >= 11 is 0. The molecule has 3 aromatic carbocycles. The summed E-state index contributed by atoms with van der Waals surface area (Å²) < 4.78 is 18.8. The molecule has 0 aliphatic rings. The van der Waals surface area contributed by atoms with Gasteiger partial charge in [0.2, 0.25) is 0 Å². The molecule has 4 rings (SSSR count). The topological polar surface area (TPSA) is 69.0 Å². The van der Waals surface area contributed by atoms with Gasteiger partial charge in [0.1, 0.15) is 11.0 Å². The molecule has 1 heterocycles. The number of amides is 1. The van der Waals surface area contributed by atoms with Gasteiger partial charge in [-0.2, -0.15) is 4.80 Å². The van der Waals surface area contributed by atoms with Crippen LogP contribution in [0.15, 0.2) is 66.7 Å². The van der Waals surface area contributed by atoms with Crippen molar-refractivity contribution in [2.45, 2.75) is 19.8 Å². The molecular weight excluding hydrogens is 383 g/mol. The molecule has 0 saturated carbocycles. The number of nitrogens with one attached hydrogen (secondary N) is 1. The molecule has 0 radical (unpaired) electrons. The van der Waals surface area contributed by atoms with E-state index in [0.717, 1.165) is 5.69 Å². The maximum absolute atomic E-state index is 13.6. The Morgan fingerprint density at radius 1 is 1.03 bits per heavy atom. The minimum absolute atomic E-state index is 0.0366. The van der Waals surface area contributed by atoms with Crippen LogP contribution in [0.25, 0.3) is 16.7 Å². The fourth-order valence-corrected chi connectivity index (χ4v) is 3.00. The fraction of sp³-hybridized carbons (Fsp3) is 0.174. The number of nitrogens with zero attached hydrogens (tertiary/aromatic N) is 3. The lowest BCUT2D eigenvalue weighted by Gasteiger charge is -2.08. The second-order valence-electron chi connectivity index (χ2n) is 7.21. The largest absolute Gasteiger partial charge is 0.481 e. The number of hydrogen-bond donors (Lipinski definition) is 1. The lowest BCUT2D eigenvalue weighted by molar-refractivity contribution is -0.118. The van der Waals surface area contributed by atoms with Crippen LogP contribution in [0.5, 0.6) is 5.75 Å². The van der Waals surface area contributed by atoms with Gasteiger partial charge in [-0.3, -0.25) is 4.79 Å². The van der Waals surface area contributed by atoms with Gasteiger partial charge in [-0.05, 0) is 53.9 Å². The van der Waals surface area contributed by atoms with Gasteiger partial charge in [-0.25, -0.2) is 4.39 Å². The van der Waals surface area contributed by atoms with Crippen LogP contribution in [0.4, 0.5) is 10.1 Å². The second kappa shape index (κ2) is 8.32. The van der Waals surface area contributed by atoms with E-state index in [2.05, 4.69) is 41.5 Å². The summed E-state index contributed by atoms with van der Waals surface area (Å²) in [4.78, 5) is 13.7. The zero-order valence-corrected chi connectivity index (χ0v) is 16.7. The summed E-state index contributed by atoms with van der Waals surface area (Å²) in [5, 5.41) is 11.7. The van der Waals surface area contributed by atoms with E-state index in [-0.39, 0.29) is 12.4 Å². The van der Waals surface area contributed by atoms with Crippen LogP contribution in [-0.4, -0.2) is 27.5 Å². The highest BCUT2D eigenvalue weighted by molar-refractivity contribution is 5.93. The molecule has 0 aliphatic carbocycles. The number of fused-ring (bicyclic) bond motifs is 1. The van der Waals surface area contributed by atoms with Crippen LogP contribution in [0, 0.1) is 5.82 Å². The molecular formula is C23H21FN4O2. The number of benzene rings is 3. The number of hydrogen-bond acceptors (Lipinski definition) is 4. The quantitative estimate of drug-likeness (QED) is 0.506. The Kier molecular flexibility index (Phi) is 5.43. The van der Waals surface area contributed by atoms with Crippen LogP contribution >= 0.6 is 0 Å². The summed E-state index contributed by atoms with van der Waals surface area (Å²) in [7, 11) is 0. The highest BCUT2D eigenvalue weighted by Crippen LogP contribution is 2.20. The minimum atomic E-state index is -0.509. The third kappa shape index (κ3) is 4.30. The highest BCUT2D eigenvalue weighted by atomic mass is 19.1. The van der Waals surface area contributed by atoms with Crippen molar-refractivity contribution >= 4 is 22.6 Å². The Bertz CT molecular complexity index is 1190. The second-order valence-corrected chi connectivity index (χ2v) is 7.21. The summed E-state index contributed by atoms with van der Waals surface area (Å²) in [6.07, 6.45) is 0. The van der Waals surface area contributed by atoms with Gasteiger partial charge in [0.05, 0.1) is 5.69 Å². The van der Waals surface area contributed by atoms with Crippen LogP contribution in [0.1, 0.15) is 25.3 Å². The Hall–Kier alpha value is -3.74. The van der Waals surface area contributed by atoms with Crippen molar-refractivity contribution in [1.29, 1.82) is 0 Å². The van der Waals surface area contributed by atoms with Crippen LogP contribution < -0.4 is 10.1 Å². The molecule has 152 valence electrons. The summed E-state index contributed by atoms with van der Waals surface area (Å²) in [6.45, 7) is 3.99. The molecule has 0 unspecified atom stereocenters. The first kappa shape index (κ1) is 19.6. The lowest BCUT2D eigenvalue weighted by Crippen LogP contribution is -2.20. The monoisotopic (exact) mass is 404 g/mol. The molecule has 7 heteroatoms. The average molecular weight is 404 g/mol. The van der Waals surface area contributed by atoms with E-state index in [1.165, 1.54) is 17.7 Å². The minimum Gasteiger partial charge on any atom is -0.481 e. The van der Waals surface area contributed by atoms with Gasteiger partial charge in [0, 0.05) is 5.69 Å². The molecule has 0 saturated heterocycles. The van der Waals surface area contributed by atoms with Gasteiger partial charge < -0.3 is 10.1 Å². The molecule has 0 atom stereocenters. The Labute approximate surface area is 173 Å². The van der Waals surface area contributed by atoms with E-state index in [0.29, 0.717) is 22.6 Å². The zero-order chi connectivity index (χ0) is 21.1. The van der Waals surface area contributed by atoms with Crippen molar-refractivity contribution in [3.8, 4) is 11.4 Å². The van der Waals surface area contributed by atoms with E-state index in [1.54, 1.807) is 35.1 Å². The van der Waals surface area contributed by atoms with Crippen molar-refractivity contribution in [2.24, 2.45) is 0 Å². The predicted octanol–water partition coefficient (Wildman–Crippen LogP) is 4.70. The first-order valence-corrected chi connectivity index (χ1v) is 9.64. The lowest BCUT2D eigenvalue weighted by atomic mass is 10.0. The third-order valence-electron chi connectivity index (χ3n) is 4.65. The standard InChI is InChI=1S/C23H21FN4O2/c1-15(2)16-7-10-18(11-8-16)28-26-20-12-9-17(13-21(20)27-28)25-23(29)14-30-22-6-4-3-5-19(22)24/h3-13,15H,14H2,1-2H3,(H,25,29). The number of anilines is 1. The number of para-hydroxylation sites is 1. The smallest absolute Gasteiger partial charge is 0.262 e. The van der Waals surface area contributed by atoms with Gasteiger partial charge in [0.25, 0.3) is 5.91 Å². The van der Waals surface area contributed by atoms with E-state index in [4.69, 9.17) is 4.74 Å². The maximum atomic E-state index is 13.6. The Balaban J connectivity index is 1.45. The van der Waals surface area contributed by atoms with Gasteiger partial charge in [-0.15, -0.1) is 10.2 Å². The van der Waals surface area contributed by atoms with Gasteiger partial charge in [-0.1, -0.05) is 38.1 Å². The van der Waals surface area contributed by atoms with Crippen LogP contribution in [0.2, 0.25) is 0 Å². The number of carbonyl (C=O) groups is 1. The van der Waals surface area contributed by atoms with Crippen molar-refractivity contribution in [2.75, 3.05) is 11.9 Å². The van der Waals surface area contributed by atoms with E-state index < -0.39 is 11.7 Å². The van der Waals surface area contributed by atoms with Crippen molar-refractivity contribution < 1.29 is 13.9 Å². The molecule has 30 heavy (non-hydrogen) atoms. The first-order chi connectivity index (χ1) is 14.5. The molecule has 0 spiro atoms. The Morgan fingerprint density at radius 3 is 2.50 bits per heavy atom. The number of aromatic nitrogens is 3. The number of rotatable bonds is 6. The first-order valence-electron chi connectivity index (χ1n) is 9.64. The SMILES string of the molecule is CC(C)c1ccc(-n2nc3ccc(NC(=O)COc4ccccc4F)cc3n2)cc1. The number of carbonyl (C=O) groups excluding carboxylic acids is 1. The van der Waals surface area contributed by atoms with Crippen LogP contribution in [-0.2, 0) is 4.79 Å². The molecule has 1 aromatic heterocycles. The average Bonchev–Trinajstić information content (AvgIpc) is 3.16. The number of halogens is 1. The molecule has 0 aliphatic heterocycles. The zero-order valence-electron chi connectivity index (χ0n) is 16.7. The summed E-state index contributed by atoms with van der Waals surface area (Å²) in [5.74, 6) is -0.411. The van der Waals surface area contributed by atoms with Crippen molar-refractivity contribution in [3.05, 3.63) is 78.1 Å². The molecule has 4 aromatic rings. The molecule has 1 amide bonds. The predicted molar refractivity (Wildman–Crippen MR) is 113 cm³/mol. The molecule has 0 fully saturated rings.